The third kappa shape index (κ3) is 3.10. The van der Waals surface area contributed by atoms with Crippen LogP contribution in [0.25, 0.3) is 0 Å². The summed E-state index contributed by atoms with van der Waals surface area (Å²) in [7, 11) is 0. The maximum atomic E-state index is 12.6. The Bertz CT molecular complexity index is 542. The molecule has 0 aromatic carbocycles. The number of nitrogens with one attached hydrogen (secondary N) is 1. The zero-order valence-corrected chi connectivity index (χ0v) is 12.7. The van der Waals surface area contributed by atoms with Gasteiger partial charge >= 0.3 is 5.97 Å². The molecule has 0 aliphatic carbocycles. The van der Waals surface area contributed by atoms with Crippen LogP contribution in [0.15, 0.2) is 0 Å². The summed E-state index contributed by atoms with van der Waals surface area (Å²) in [6.07, 6.45) is 1.88. The summed E-state index contributed by atoms with van der Waals surface area (Å²) >= 11 is 0. The van der Waals surface area contributed by atoms with Crippen molar-refractivity contribution < 1.29 is 19.4 Å². The molecule has 0 radical (unpaired) electrons. The van der Waals surface area contributed by atoms with E-state index in [1.54, 1.807) is 18.7 Å². The SMILES string of the molecule is CCOC1CCN(C(=O)c2c(C)[nH]c(C(=O)O)c2C)CC1. The van der Waals surface area contributed by atoms with Crippen molar-refractivity contribution in [2.24, 2.45) is 0 Å². The molecule has 2 heterocycles. The van der Waals surface area contributed by atoms with Gasteiger partial charge in [-0.1, -0.05) is 0 Å². The Labute approximate surface area is 124 Å². The molecule has 1 aliphatic heterocycles. The third-order valence-electron chi connectivity index (χ3n) is 4.00. The van der Waals surface area contributed by atoms with Crippen LogP contribution in [0.5, 0.6) is 0 Å². The Morgan fingerprint density at radius 1 is 1.33 bits per heavy atom. The number of hydrogen-bond acceptors (Lipinski definition) is 3. The lowest BCUT2D eigenvalue weighted by atomic mass is 10.0. The van der Waals surface area contributed by atoms with Crippen LogP contribution in [0.3, 0.4) is 0 Å². The quantitative estimate of drug-likeness (QED) is 0.889. The van der Waals surface area contributed by atoms with E-state index in [2.05, 4.69) is 4.98 Å². The molecule has 0 atom stereocenters. The number of ether oxygens (including phenoxy) is 1. The van der Waals surface area contributed by atoms with Gasteiger partial charge in [0.25, 0.3) is 5.91 Å². The molecular weight excluding hydrogens is 272 g/mol. The summed E-state index contributed by atoms with van der Waals surface area (Å²) in [5.41, 5.74) is 1.71. The van der Waals surface area contributed by atoms with E-state index in [4.69, 9.17) is 9.84 Å². The molecule has 0 bridgehead atoms. The largest absolute Gasteiger partial charge is 0.477 e. The second kappa shape index (κ2) is 6.30. The number of rotatable bonds is 4. The van der Waals surface area contributed by atoms with Gasteiger partial charge in [-0.15, -0.1) is 0 Å². The van der Waals surface area contributed by atoms with Crippen LogP contribution in [0.1, 0.15) is 51.9 Å². The van der Waals surface area contributed by atoms with E-state index in [0.717, 1.165) is 12.8 Å². The minimum atomic E-state index is -1.04. The summed E-state index contributed by atoms with van der Waals surface area (Å²) < 4.78 is 5.58. The van der Waals surface area contributed by atoms with Crippen LogP contribution in [-0.2, 0) is 4.74 Å². The van der Waals surface area contributed by atoms with Crippen molar-refractivity contribution in [2.45, 2.75) is 39.7 Å². The van der Waals surface area contributed by atoms with E-state index in [-0.39, 0.29) is 17.7 Å². The number of piperidine rings is 1. The lowest BCUT2D eigenvalue weighted by Gasteiger charge is -2.32. The van der Waals surface area contributed by atoms with Gasteiger partial charge in [0.1, 0.15) is 5.69 Å². The average molecular weight is 294 g/mol. The number of H-pyrrole nitrogens is 1. The average Bonchev–Trinajstić information content (AvgIpc) is 2.75. The first-order chi connectivity index (χ1) is 9.95. The fourth-order valence-electron chi connectivity index (χ4n) is 2.90. The van der Waals surface area contributed by atoms with Gasteiger partial charge in [0.05, 0.1) is 11.7 Å². The van der Waals surface area contributed by atoms with Crippen LogP contribution in [0.4, 0.5) is 0 Å². The van der Waals surface area contributed by atoms with Gasteiger partial charge in [0, 0.05) is 25.4 Å². The number of aromatic amines is 1. The van der Waals surface area contributed by atoms with Gasteiger partial charge in [-0.3, -0.25) is 4.79 Å². The van der Waals surface area contributed by atoms with E-state index < -0.39 is 5.97 Å². The molecule has 1 fully saturated rings. The van der Waals surface area contributed by atoms with Crippen molar-refractivity contribution in [1.82, 2.24) is 9.88 Å². The maximum Gasteiger partial charge on any atom is 0.352 e. The molecular formula is C15H22N2O4. The predicted octanol–water partition coefficient (Wildman–Crippen LogP) is 1.97. The van der Waals surface area contributed by atoms with Gasteiger partial charge in [-0.05, 0) is 39.2 Å². The molecule has 0 unspecified atom stereocenters. The fourth-order valence-corrected chi connectivity index (χ4v) is 2.90. The van der Waals surface area contributed by atoms with E-state index in [1.807, 2.05) is 6.92 Å². The summed E-state index contributed by atoms with van der Waals surface area (Å²) in [6.45, 7) is 7.37. The lowest BCUT2D eigenvalue weighted by Crippen LogP contribution is -2.41. The van der Waals surface area contributed by atoms with Gasteiger partial charge in [-0.25, -0.2) is 4.79 Å². The van der Waals surface area contributed by atoms with Gasteiger partial charge in [0.2, 0.25) is 0 Å². The number of carboxylic acid groups (broad SMARTS) is 1. The van der Waals surface area contributed by atoms with Crippen LogP contribution < -0.4 is 0 Å². The van der Waals surface area contributed by atoms with Gasteiger partial charge < -0.3 is 19.7 Å². The summed E-state index contributed by atoms with van der Waals surface area (Å²) in [5, 5.41) is 9.12. The molecule has 1 saturated heterocycles. The second-order valence-electron chi connectivity index (χ2n) is 5.38. The number of aromatic nitrogens is 1. The Morgan fingerprint density at radius 2 is 1.95 bits per heavy atom. The lowest BCUT2D eigenvalue weighted by molar-refractivity contribution is 0.0145. The number of nitrogens with zero attached hydrogens (tertiary/aromatic N) is 1. The Balaban J connectivity index is 2.13. The first-order valence-corrected chi connectivity index (χ1v) is 7.29. The normalized spacial score (nSPS) is 16.2. The predicted molar refractivity (Wildman–Crippen MR) is 77.8 cm³/mol. The topological polar surface area (TPSA) is 82.6 Å². The second-order valence-corrected chi connectivity index (χ2v) is 5.38. The number of aromatic carboxylic acids is 1. The van der Waals surface area contributed by atoms with Gasteiger partial charge in [-0.2, -0.15) is 0 Å². The van der Waals surface area contributed by atoms with Crippen molar-refractivity contribution in [3.8, 4) is 0 Å². The van der Waals surface area contributed by atoms with Crippen molar-refractivity contribution in [3.05, 3.63) is 22.5 Å². The van der Waals surface area contributed by atoms with Crippen molar-refractivity contribution in [2.75, 3.05) is 19.7 Å². The standard InChI is InChI=1S/C15H22N2O4/c1-4-21-11-5-7-17(8-6-11)14(18)12-9(2)13(15(19)20)16-10(12)3/h11,16H,4-8H2,1-3H3,(H,19,20). The molecule has 1 amide bonds. The third-order valence-corrected chi connectivity index (χ3v) is 4.00. The van der Waals surface area contributed by atoms with Crippen LogP contribution in [0.2, 0.25) is 0 Å². The molecule has 116 valence electrons. The van der Waals surface area contributed by atoms with E-state index in [0.29, 0.717) is 36.5 Å². The smallest absolute Gasteiger partial charge is 0.352 e. The number of amides is 1. The number of carbonyl (C=O) groups is 2. The van der Waals surface area contributed by atoms with Gasteiger partial charge in [0.15, 0.2) is 0 Å². The van der Waals surface area contributed by atoms with Crippen molar-refractivity contribution in [3.63, 3.8) is 0 Å². The monoisotopic (exact) mass is 294 g/mol. The number of likely N-dealkylation sites (tertiary alicyclic amines) is 1. The first-order valence-electron chi connectivity index (χ1n) is 7.29. The highest BCUT2D eigenvalue weighted by Gasteiger charge is 2.28. The molecule has 1 aromatic rings. The van der Waals surface area contributed by atoms with Crippen molar-refractivity contribution in [1.29, 1.82) is 0 Å². The first kappa shape index (κ1) is 15.6. The molecule has 2 N–H and O–H groups in total. The molecule has 2 rings (SSSR count). The number of hydrogen-bond donors (Lipinski definition) is 2. The summed E-state index contributed by atoms with van der Waals surface area (Å²) in [5.74, 6) is -1.13. The maximum absolute atomic E-state index is 12.6. The van der Waals surface area contributed by atoms with E-state index in [1.165, 1.54) is 0 Å². The number of carbonyl (C=O) groups excluding carboxylic acids is 1. The molecule has 1 aromatic heterocycles. The molecule has 21 heavy (non-hydrogen) atoms. The molecule has 0 spiro atoms. The van der Waals surface area contributed by atoms with Crippen LogP contribution >= 0.6 is 0 Å². The van der Waals surface area contributed by atoms with Crippen LogP contribution in [0, 0.1) is 13.8 Å². The Morgan fingerprint density at radius 3 is 2.43 bits per heavy atom. The van der Waals surface area contributed by atoms with Crippen molar-refractivity contribution >= 4 is 11.9 Å². The molecule has 6 heteroatoms. The zero-order valence-electron chi connectivity index (χ0n) is 12.7. The Hall–Kier alpha value is -1.82. The molecule has 6 nitrogen and oxygen atoms in total. The van der Waals surface area contributed by atoms with E-state index in [9.17, 15) is 9.59 Å². The minimum Gasteiger partial charge on any atom is -0.477 e. The number of carboxylic acids is 1. The highest BCUT2D eigenvalue weighted by Crippen LogP contribution is 2.22. The number of aryl methyl sites for hydroxylation is 1. The zero-order chi connectivity index (χ0) is 15.6. The van der Waals surface area contributed by atoms with E-state index >= 15 is 0 Å². The highest BCUT2D eigenvalue weighted by molar-refractivity contribution is 6.00. The molecule has 0 saturated carbocycles. The molecule has 1 aliphatic rings. The summed E-state index contributed by atoms with van der Waals surface area (Å²) in [6, 6.07) is 0. The minimum absolute atomic E-state index is 0.0938. The van der Waals surface area contributed by atoms with Crippen LogP contribution in [-0.4, -0.2) is 52.7 Å². The fraction of sp³-hybridized carbons (Fsp3) is 0.600. The summed E-state index contributed by atoms with van der Waals surface area (Å²) in [4.78, 5) is 28.3. The highest BCUT2D eigenvalue weighted by atomic mass is 16.5. The Kier molecular flexibility index (Phi) is 4.67.